The molecule has 4 N–H and O–H groups in total. The Hall–Kier alpha value is -2.24. The molecule has 1 aromatic carbocycles. The number of hydrogen-bond donors (Lipinski definition) is 4. The lowest BCUT2D eigenvalue weighted by Gasteiger charge is -2.15. The number of aromatic hydroxyl groups is 1. The van der Waals surface area contributed by atoms with Crippen LogP contribution in [0.2, 0.25) is 0 Å². The molecule has 2 amide bonds. The fourth-order valence-corrected chi connectivity index (χ4v) is 1.84. The number of urea groups is 1. The van der Waals surface area contributed by atoms with E-state index in [0.717, 1.165) is 18.4 Å². The Labute approximate surface area is 116 Å². The van der Waals surface area contributed by atoms with E-state index in [4.69, 9.17) is 5.11 Å². The molecule has 0 aliphatic heterocycles. The molecule has 1 fully saturated rings. The molecular weight excluding hydrogens is 260 g/mol. The summed E-state index contributed by atoms with van der Waals surface area (Å²) in [5.74, 6) is -0.420. The first kappa shape index (κ1) is 14.2. The Morgan fingerprint density at radius 1 is 1.25 bits per heavy atom. The number of carbonyl (C=O) groups excluding carboxylic acids is 1. The summed E-state index contributed by atoms with van der Waals surface area (Å²) in [6.07, 6.45) is 2.42. The second kappa shape index (κ2) is 6.27. The van der Waals surface area contributed by atoms with E-state index in [1.54, 1.807) is 12.1 Å². The first-order valence-electron chi connectivity index (χ1n) is 6.59. The van der Waals surface area contributed by atoms with Gasteiger partial charge in [-0.25, -0.2) is 9.59 Å². The number of carboxylic acid groups (broad SMARTS) is 1. The van der Waals surface area contributed by atoms with Crippen LogP contribution in [0.25, 0.3) is 0 Å². The van der Waals surface area contributed by atoms with Gasteiger partial charge in [-0.2, -0.15) is 0 Å². The summed E-state index contributed by atoms with van der Waals surface area (Å²) in [5.41, 5.74) is 0.734. The molecule has 0 unspecified atom stereocenters. The summed E-state index contributed by atoms with van der Waals surface area (Å²) >= 11 is 0. The van der Waals surface area contributed by atoms with Crippen LogP contribution in [0.1, 0.15) is 18.4 Å². The minimum absolute atomic E-state index is 0.121. The Bertz CT molecular complexity index is 482. The number of nitrogens with one attached hydrogen (secondary N) is 2. The van der Waals surface area contributed by atoms with E-state index >= 15 is 0 Å². The SMILES string of the molecule is O=C(NCC1CC1)N[C@@H](Cc1ccc(O)cc1)C(=O)O. The third-order valence-corrected chi connectivity index (χ3v) is 3.23. The highest BCUT2D eigenvalue weighted by atomic mass is 16.4. The third-order valence-electron chi connectivity index (χ3n) is 3.23. The van der Waals surface area contributed by atoms with Gasteiger partial charge in [0.05, 0.1) is 0 Å². The molecule has 1 aromatic rings. The van der Waals surface area contributed by atoms with Crippen molar-refractivity contribution in [1.82, 2.24) is 10.6 Å². The predicted octanol–water partition coefficient (Wildman–Crippen LogP) is 1.10. The fraction of sp³-hybridized carbons (Fsp3) is 0.429. The maximum atomic E-state index is 11.6. The van der Waals surface area contributed by atoms with Crippen molar-refractivity contribution in [3.05, 3.63) is 29.8 Å². The lowest BCUT2D eigenvalue weighted by Crippen LogP contribution is -2.47. The van der Waals surface area contributed by atoms with Gasteiger partial charge in [0.1, 0.15) is 11.8 Å². The maximum absolute atomic E-state index is 11.6. The van der Waals surface area contributed by atoms with E-state index in [2.05, 4.69) is 10.6 Å². The number of phenols is 1. The van der Waals surface area contributed by atoms with E-state index in [9.17, 15) is 14.7 Å². The molecule has 6 nitrogen and oxygen atoms in total. The van der Waals surface area contributed by atoms with Gasteiger partial charge in [-0.3, -0.25) is 0 Å². The van der Waals surface area contributed by atoms with Crippen LogP contribution in [0.5, 0.6) is 5.75 Å². The number of rotatable bonds is 6. The molecule has 0 aromatic heterocycles. The van der Waals surface area contributed by atoms with Gasteiger partial charge in [0.15, 0.2) is 0 Å². The number of phenolic OH excluding ortho intramolecular Hbond substituents is 1. The Morgan fingerprint density at radius 3 is 2.45 bits per heavy atom. The average Bonchev–Trinajstić information content (AvgIpc) is 3.22. The molecule has 0 spiro atoms. The summed E-state index contributed by atoms with van der Waals surface area (Å²) in [6.45, 7) is 0.595. The molecule has 0 radical (unpaired) electrons. The van der Waals surface area contributed by atoms with Crippen LogP contribution in [0.15, 0.2) is 24.3 Å². The minimum atomic E-state index is -1.08. The molecular formula is C14H18N2O4. The van der Waals surface area contributed by atoms with Crippen LogP contribution in [0.3, 0.4) is 0 Å². The lowest BCUT2D eigenvalue weighted by molar-refractivity contribution is -0.139. The van der Waals surface area contributed by atoms with Gasteiger partial charge in [-0.15, -0.1) is 0 Å². The van der Waals surface area contributed by atoms with Crippen molar-refractivity contribution < 1.29 is 19.8 Å². The molecule has 0 bridgehead atoms. The van der Waals surface area contributed by atoms with Crippen molar-refractivity contribution in [2.75, 3.05) is 6.54 Å². The minimum Gasteiger partial charge on any atom is -0.508 e. The van der Waals surface area contributed by atoms with E-state index in [1.165, 1.54) is 12.1 Å². The predicted molar refractivity (Wildman–Crippen MR) is 72.5 cm³/mol. The largest absolute Gasteiger partial charge is 0.508 e. The Balaban J connectivity index is 1.87. The summed E-state index contributed by atoms with van der Waals surface area (Å²) in [5, 5.41) is 23.4. The maximum Gasteiger partial charge on any atom is 0.326 e. The smallest absolute Gasteiger partial charge is 0.326 e. The standard InChI is InChI=1S/C14H18N2O4/c17-11-5-3-9(4-6-11)7-12(13(18)19)16-14(20)15-8-10-1-2-10/h3-6,10,12,17H,1-2,7-8H2,(H,18,19)(H2,15,16,20)/t12-/m0/s1. The van der Waals surface area contributed by atoms with Gasteiger partial charge in [-0.05, 0) is 36.5 Å². The van der Waals surface area contributed by atoms with Crippen LogP contribution in [-0.2, 0) is 11.2 Å². The zero-order valence-electron chi connectivity index (χ0n) is 11.0. The van der Waals surface area contributed by atoms with Gasteiger partial charge in [0.2, 0.25) is 0 Å². The normalized spacial score (nSPS) is 15.4. The van der Waals surface area contributed by atoms with Crippen LogP contribution in [0, 0.1) is 5.92 Å². The number of amides is 2. The van der Waals surface area contributed by atoms with E-state index in [1.807, 2.05) is 0 Å². The highest BCUT2D eigenvalue weighted by Gasteiger charge is 2.24. The lowest BCUT2D eigenvalue weighted by atomic mass is 10.1. The van der Waals surface area contributed by atoms with E-state index in [-0.39, 0.29) is 12.2 Å². The van der Waals surface area contributed by atoms with Gasteiger partial charge in [0, 0.05) is 13.0 Å². The second-order valence-electron chi connectivity index (χ2n) is 5.06. The summed E-state index contributed by atoms with van der Waals surface area (Å²) < 4.78 is 0. The number of carbonyl (C=O) groups is 2. The summed E-state index contributed by atoms with van der Waals surface area (Å²) in [4.78, 5) is 22.8. The zero-order valence-corrected chi connectivity index (χ0v) is 11.0. The van der Waals surface area contributed by atoms with Gasteiger partial charge in [-0.1, -0.05) is 12.1 Å². The van der Waals surface area contributed by atoms with Crippen LogP contribution >= 0.6 is 0 Å². The highest BCUT2D eigenvalue weighted by Crippen LogP contribution is 2.27. The third kappa shape index (κ3) is 4.46. The average molecular weight is 278 g/mol. The van der Waals surface area contributed by atoms with Crippen molar-refractivity contribution in [3.63, 3.8) is 0 Å². The summed E-state index contributed by atoms with van der Waals surface area (Å²) in [7, 11) is 0. The molecule has 1 aliphatic rings. The van der Waals surface area contributed by atoms with Crippen molar-refractivity contribution in [2.24, 2.45) is 5.92 Å². The molecule has 1 saturated carbocycles. The van der Waals surface area contributed by atoms with Crippen molar-refractivity contribution in [2.45, 2.75) is 25.3 Å². The van der Waals surface area contributed by atoms with Gasteiger partial charge in [0.25, 0.3) is 0 Å². The molecule has 0 heterocycles. The van der Waals surface area contributed by atoms with Crippen LogP contribution in [-0.4, -0.2) is 34.8 Å². The van der Waals surface area contributed by atoms with E-state index < -0.39 is 18.0 Å². The number of hydrogen-bond acceptors (Lipinski definition) is 3. The summed E-state index contributed by atoms with van der Waals surface area (Å²) in [6, 6.07) is 4.80. The first-order valence-corrected chi connectivity index (χ1v) is 6.59. The number of carboxylic acids is 1. The number of benzene rings is 1. The first-order chi connectivity index (χ1) is 9.54. The van der Waals surface area contributed by atoms with E-state index in [0.29, 0.717) is 12.5 Å². The fourth-order valence-electron chi connectivity index (χ4n) is 1.84. The molecule has 6 heteroatoms. The van der Waals surface area contributed by atoms with Crippen molar-refractivity contribution in [1.29, 1.82) is 0 Å². The van der Waals surface area contributed by atoms with Crippen LogP contribution in [0.4, 0.5) is 4.79 Å². The second-order valence-corrected chi connectivity index (χ2v) is 5.06. The van der Waals surface area contributed by atoms with Crippen molar-refractivity contribution in [3.8, 4) is 5.75 Å². The van der Waals surface area contributed by atoms with Crippen LogP contribution < -0.4 is 10.6 Å². The molecule has 1 aliphatic carbocycles. The molecule has 1 atom stereocenters. The molecule has 0 saturated heterocycles. The molecule has 108 valence electrons. The van der Waals surface area contributed by atoms with Gasteiger partial charge >= 0.3 is 12.0 Å². The topological polar surface area (TPSA) is 98.7 Å². The Morgan fingerprint density at radius 2 is 1.90 bits per heavy atom. The molecule has 20 heavy (non-hydrogen) atoms. The number of aliphatic carboxylic acids is 1. The van der Waals surface area contributed by atoms with Gasteiger partial charge < -0.3 is 20.8 Å². The van der Waals surface area contributed by atoms with Crippen molar-refractivity contribution >= 4 is 12.0 Å². The highest BCUT2D eigenvalue weighted by molar-refractivity contribution is 5.82. The monoisotopic (exact) mass is 278 g/mol. The molecule has 2 rings (SSSR count). The Kier molecular flexibility index (Phi) is 4.45. The quantitative estimate of drug-likeness (QED) is 0.626. The zero-order chi connectivity index (χ0) is 14.5.